The lowest BCUT2D eigenvalue weighted by Crippen LogP contribution is -2.30. The van der Waals surface area contributed by atoms with Crippen molar-refractivity contribution in [1.29, 1.82) is 0 Å². The van der Waals surface area contributed by atoms with E-state index in [4.69, 9.17) is 27.9 Å². The second kappa shape index (κ2) is 7.91. The molecule has 0 aliphatic carbocycles. The number of amides is 1. The molecule has 0 aliphatic heterocycles. The van der Waals surface area contributed by atoms with Gasteiger partial charge in [-0.3, -0.25) is 4.79 Å². The summed E-state index contributed by atoms with van der Waals surface area (Å²) in [5, 5.41) is 3.70. The number of benzene rings is 2. The summed E-state index contributed by atoms with van der Waals surface area (Å²) in [6.07, 6.45) is -0.651. The van der Waals surface area contributed by atoms with E-state index in [0.717, 1.165) is 16.9 Å². The highest BCUT2D eigenvalue weighted by Gasteiger charge is 2.18. The molecule has 0 fully saturated rings. The molecule has 1 atom stereocenters. The van der Waals surface area contributed by atoms with Crippen LogP contribution in [-0.2, 0) is 4.79 Å². The molecular formula is C19H21Cl2NO2. The third kappa shape index (κ3) is 4.89. The molecule has 0 heterocycles. The van der Waals surface area contributed by atoms with Crippen LogP contribution in [0.15, 0.2) is 36.4 Å². The number of anilines is 1. The maximum atomic E-state index is 12.4. The van der Waals surface area contributed by atoms with E-state index in [2.05, 4.69) is 19.2 Å². The Morgan fingerprint density at radius 2 is 1.67 bits per heavy atom. The number of ether oxygens (including phenoxy) is 1. The van der Waals surface area contributed by atoms with Crippen molar-refractivity contribution in [1.82, 2.24) is 0 Å². The summed E-state index contributed by atoms with van der Waals surface area (Å²) in [5.41, 5.74) is 2.70. The van der Waals surface area contributed by atoms with E-state index in [-0.39, 0.29) is 5.91 Å². The number of halogens is 2. The molecule has 1 amide bonds. The Morgan fingerprint density at radius 3 is 2.25 bits per heavy atom. The topological polar surface area (TPSA) is 38.3 Å². The predicted molar refractivity (Wildman–Crippen MR) is 100 cm³/mol. The second-order valence-electron chi connectivity index (χ2n) is 6.10. The van der Waals surface area contributed by atoms with Crippen LogP contribution in [0.5, 0.6) is 5.75 Å². The summed E-state index contributed by atoms with van der Waals surface area (Å²) in [6, 6.07) is 10.9. The molecule has 0 spiro atoms. The largest absolute Gasteiger partial charge is 0.481 e. The summed E-state index contributed by atoms with van der Waals surface area (Å²) in [4.78, 5) is 12.4. The quantitative estimate of drug-likeness (QED) is 0.723. The molecule has 2 aromatic rings. The van der Waals surface area contributed by atoms with Crippen LogP contribution in [0.25, 0.3) is 0 Å². The fourth-order valence-electron chi connectivity index (χ4n) is 2.33. The zero-order valence-electron chi connectivity index (χ0n) is 14.2. The SMILES string of the molecule is Cc1ccc(C(C)C)c(O[C@@H](C)C(=O)Nc2cc(Cl)cc(Cl)c2)c1. The Kier molecular flexibility index (Phi) is 6.14. The van der Waals surface area contributed by atoms with E-state index in [9.17, 15) is 4.79 Å². The van der Waals surface area contributed by atoms with Crippen molar-refractivity contribution in [2.75, 3.05) is 5.32 Å². The Labute approximate surface area is 152 Å². The maximum absolute atomic E-state index is 12.4. The number of nitrogens with one attached hydrogen (secondary N) is 1. The summed E-state index contributed by atoms with van der Waals surface area (Å²) >= 11 is 11.9. The molecule has 0 aromatic heterocycles. The minimum absolute atomic E-state index is 0.260. The molecule has 0 radical (unpaired) electrons. The standard InChI is InChI=1S/C19H21Cl2NO2/c1-11(2)17-6-5-12(3)7-18(17)24-13(4)19(23)22-16-9-14(20)8-15(21)10-16/h5-11,13H,1-4H3,(H,22,23)/t13-/m0/s1. The third-order valence-electron chi connectivity index (χ3n) is 3.59. The molecule has 0 bridgehead atoms. The van der Waals surface area contributed by atoms with Crippen LogP contribution in [0.4, 0.5) is 5.69 Å². The number of carbonyl (C=O) groups excluding carboxylic acids is 1. The molecule has 2 rings (SSSR count). The number of rotatable bonds is 5. The van der Waals surface area contributed by atoms with Crippen molar-refractivity contribution in [3.05, 3.63) is 57.6 Å². The van der Waals surface area contributed by atoms with Gasteiger partial charge in [0.2, 0.25) is 0 Å². The highest BCUT2D eigenvalue weighted by atomic mass is 35.5. The van der Waals surface area contributed by atoms with Crippen molar-refractivity contribution in [3.63, 3.8) is 0 Å². The molecule has 0 saturated heterocycles. The second-order valence-corrected chi connectivity index (χ2v) is 6.98. The van der Waals surface area contributed by atoms with Gasteiger partial charge in [0.25, 0.3) is 5.91 Å². The van der Waals surface area contributed by atoms with Crippen molar-refractivity contribution < 1.29 is 9.53 Å². The van der Waals surface area contributed by atoms with E-state index in [0.29, 0.717) is 21.7 Å². The lowest BCUT2D eigenvalue weighted by atomic mass is 10.0. The molecule has 2 aromatic carbocycles. The van der Waals surface area contributed by atoms with Gasteiger partial charge in [-0.05, 0) is 55.2 Å². The summed E-state index contributed by atoms with van der Waals surface area (Å²) in [6.45, 7) is 7.90. The molecule has 5 heteroatoms. The Bertz CT molecular complexity index is 724. The number of carbonyl (C=O) groups is 1. The number of hydrogen-bond acceptors (Lipinski definition) is 2. The highest BCUT2D eigenvalue weighted by molar-refractivity contribution is 6.35. The Balaban J connectivity index is 2.13. The minimum Gasteiger partial charge on any atom is -0.481 e. The van der Waals surface area contributed by atoms with Crippen LogP contribution in [0.3, 0.4) is 0 Å². The van der Waals surface area contributed by atoms with Crippen LogP contribution in [0, 0.1) is 6.92 Å². The number of aryl methyl sites for hydroxylation is 1. The third-order valence-corrected chi connectivity index (χ3v) is 4.03. The fraction of sp³-hybridized carbons (Fsp3) is 0.316. The zero-order valence-corrected chi connectivity index (χ0v) is 15.7. The van der Waals surface area contributed by atoms with Gasteiger partial charge >= 0.3 is 0 Å². The molecule has 1 N–H and O–H groups in total. The predicted octanol–water partition coefficient (Wildman–Crippen LogP) is 5.83. The first-order valence-corrected chi connectivity index (χ1v) is 8.56. The molecule has 128 valence electrons. The average Bonchev–Trinajstić information content (AvgIpc) is 2.45. The van der Waals surface area contributed by atoms with E-state index in [1.807, 2.05) is 25.1 Å². The van der Waals surface area contributed by atoms with Crippen LogP contribution >= 0.6 is 23.2 Å². The molecule has 0 unspecified atom stereocenters. The van der Waals surface area contributed by atoms with Gasteiger partial charge in [-0.15, -0.1) is 0 Å². The van der Waals surface area contributed by atoms with E-state index in [1.165, 1.54) is 0 Å². The maximum Gasteiger partial charge on any atom is 0.265 e. The van der Waals surface area contributed by atoms with Gasteiger partial charge < -0.3 is 10.1 Å². The smallest absolute Gasteiger partial charge is 0.265 e. The summed E-state index contributed by atoms with van der Waals surface area (Å²) < 4.78 is 5.90. The van der Waals surface area contributed by atoms with Gasteiger partial charge in [-0.1, -0.05) is 49.2 Å². The monoisotopic (exact) mass is 365 g/mol. The van der Waals surface area contributed by atoms with Gasteiger partial charge in [-0.2, -0.15) is 0 Å². The van der Waals surface area contributed by atoms with Crippen LogP contribution in [0.2, 0.25) is 10.0 Å². The first kappa shape index (κ1) is 18.6. The van der Waals surface area contributed by atoms with Gasteiger partial charge in [0.15, 0.2) is 6.10 Å². The highest BCUT2D eigenvalue weighted by Crippen LogP contribution is 2.29. The average molecular weight is 366 g/mol. The first-order valence-electron chi connectivity index (χ1n) is 7.80. The lowest BCUT2D eigenvalue weighted by molar-refractivity contribution is -0.122. The Hall–Kier alpha value is -1.71. The molecule has 0 aliphatic rings. The zero-order chi connectivity index (χ0) is 17.9. The van der Waals surface area contributed by atoms with E-state index < -0.39 is 6.10 Å². The van der Waals surface area contributed by atoms with Crippen molar-refractivity contribution in [2.24, 2.45) is 0 Å². The van der Waals surface area contributed by atoms with Gasteiger partial charge in [0.1, 0.15) is 5.75 Å². The minimum atomic E-state index is -0.651. The molecule has 24 heavy (non-hydrogen) atoms. The molecule has 3 nitrogen and oxygen atoms in total. The fourth-order valence-corrected chi connectivity index (χ4v) is 2.86. The summed E-state index contributed by atoms with van der Waals surface area (Å²) in [5.74, 6) is 0.781. The normalized spacial score (nSPS) is 12.1. The Morgan fingerprint density at radius 1 is 1.04 bits per heavy atom. The van der Waals surface area contributed by atoms with E-state index in [1.54, 1.807) is 25.1 Å². The van der Waals surface area contributed by atoms with Gasteiger partial charge in [0.05, 0.1) is 0 Å². The van der Waals surface area contributed by atoms with Crippen LogP contribution in [-0.4, -0.2) is 12.0 Å². The van der Waals surface area contributed by atoms with Crippen molar-refractivity contribution in [2.45, 2.75) is 39.7 Å². The lowest BCUT2D eigenvalue weighted by Gasteiger charge is -2.19. The van der Waals surface area contributed by atoms with Crippen LogP contribution in [0.1, 0.15) is 37.8 Å². The summed E-state index contributed by atoms with van der Waals surface area (Å²) in [7, 11) is 0. The van der Waals surface area contributed by atoms with Crippen LogP contribution < -0.4 is 10.1 Å². The molecule has 0 saturated carbocycles. The van der Waals surface area contributed by atoms with E-state index >= 15 is 0 Å². The van der Waals surface area contributed by atoms with Crippen molar-refractivity contribution in [3.8, 4) is 5.75 Å². The van der Waals surface area contributed by atoms with Gasteiger partial charge in [0, 0.05) is 15.7 Å². The first-order chi connectivity index (χ1) is 11.3. The van der Waals surface area contributed by atoms with Crippen molar-refractivity contribution >= 4 is 34.8 Å². The molecular weight excluding hydrogens is 345 g/mol. The number of hydrogen-bond donors (Lipinski definition) is 1. The van der Waals surface area contributed by atoms with Gasteiger partial charge in [-0.25, -0.2) is 0 Å².